The second-order valence-corrected chi connectivity index (χ2v) is 4.38. The standard InChI is InChI=1S/C11H17FN2/c1-8-5-10-11(6-9(8)2)14(4-3-12)7-13-10/h7-9H,3-6H2,1-2H3. The lowest BCUT2D eigenvalue weighted by Gasteiger charge is -2.25. The van der Waals surface area contributed by atoms with Crippen molar-refractivity contribution < 1.29 is 4.39 Å². The normalized spacial score (nSPS) is 26.2. The maximum atomic E-state index is 12.3. The summed E-state index contributed by atoms with van der Waals surface area (Å²) >= 11 is 0. The molecule has 2 rings (SSSR count). The Bertz CT molecular complexity index is 306. The topological polar surface area (TPSA) is 17.8 Å². The van der Waals surface area contributed by atoms with Crippen molar-refractivity contribution in [1.82, 2.24) is 9.55 Å². The van der Waals surface area contributed by atoms with Crippen LogP contribution in [0.1, 0.15) is 25.2 Å². The van der Waals surface area contributed by atoms with E-state index in [0.717, 1.165) is 12.8 Å². The number of halogens is 1. The van der Waals surface area contributed by atoms with Gasteiger partial charge in [0.25, 0.3) is 0 Å². The highest BCUT2D eigenvalue weighted by molar-refractivity contribution is 5.18. The summed E-state index contributed by atoms with van der Waals surface area (Å²) in [6.07, 6.45) is 3.89. The van der Waals surface area contributed by atoms with Crippen molar-refractivity contribution in [1.29, 1.82) is 0 Å². The minimum absolute atomic E-state index is 0.299. The van der Waals surface area contributed by atoms with Crippen LogP contribution in [0.15, 0.2) is 6.33 Å². The van der Waals surface area contributed by atoms with Crippen molar-refractivity contribution >= 4 is 0 Å². The van der Waals surface area contributed by atoms with Crippen molar-refractivity contribution in [3.05, 3.63) is 17.7 Å². The highest BCUT2D eigenvalue weighted by Crippen LogP contribution is 2.28. The monoisotopic (exact) mass is 196 g/mol. The lowest BCUT2D eigenvalue weighted by molar-refractivity contribution is 0.344. The van der Waals surface area contributed by atoms with E-state index in [2.05, 4.69) is 18.8 Å². The number of alkyl halides is 1. The molecule has 0 bridgehead atoms. The van der Waals surface area contributed by atoms with E-state index in [1.807, 2.05) is 4.57 Å². The molecule has 0 radical (unpaired) electrons. The molecule has 1 aliphatic carbocycles. The summed E-state index contributed by atoms with van der Waals surface area (Å²) in [6, 6.07) is 0. The third kappa shape index (κ3) is 1.56. The number of imidazole rings is 1. The Morgan fingerprint density at radius 3 is 2.86 bits per heavy atom. The van der Waals surface area contributed by atoms with E-state index in [9.17, 15) is 4.39 Å². The Labute approximate surface area is 84.1 Å². The highest BCUT2D eigenvalue weighted by Gasteiger charge is 2.25. The van der Waals surface area contributed by atoms with E-state index < -0.39 is 0 Å². The van der Waals surface area contributed by atoms with Crippen molar-refractivity contribution in [3.63, 3.8) is 0 Å². The Morgan fingerprint density at radius 2 is 2.14 bits per heavy atom. The van der Waals surface area contributed by atoms with Gasteiger partial charge < -0.3 is 4.57 Å². The molecule has 1 aromatic rings. The second kappa shape index (κ2) is 3.71. The average molecular weight is 196 g/mol. The zero-order valence-corrected chi connectivity index (χ0v) is 8.83. The van der Waals surface area contributed by atoms with Gasteiger partial charge in [0.05, 0.1) is 18.6 Å². The van der Waals surface area contributed by atoms with Gasteiger partial charge in [-0.2, -0.15) is 0 Å². The summed E-state index contributed by atoms with van der Waals surface area (Å²) in [6.45, 7) is 4.69. The summed E-state index contributed by atoms with van der Waals surface area (Å²) < 4.78 is 14.2. The first-order chi connectivity index (χ1) is 6.72. The van der Waals surface area contributed by atoms with E-state index in [4.69, 9.17) is 0 Å². The summed E-state index contributed by atoms with van der Waals surface area (Å²) in [5.74, 6) is 1.40. The van der Waals surface area contributed by atoms with E-state index in [1.54, 1.807) is 6.33 Å². The zero-order valence-electron chi connectivity index (χ0n) is 8.83. The number of nitrogens with zero attached hydrogens (tertiary/aromatic N) is 2. The molecule has 3 heteroatoms. The molecule has 1 aromatic heterocycles. The number of hydrogen-bond acceptors (Lipinski definition) is 1. The molecule has 78 valence electrons. The van der Waals surface area contributed by atoms with E-state index in [0.29, 0.717) is 18.4 Å². The van der Waals surface area contributed by atoms with Crippen LogP contribution in [0.3, 0.4) is 0 Å². The maximum Gasteiger partial charge on any atom is 0.107 e. The lowest BCUT2D eigenvalue weighted by Crippen LogP contribution is -2.22. The van der Waals surface area contributed by atoms with Gasteiger partial charge in [0.1, 0.15) is 6.67 Å². The predicted molar refractivity (Wildman–Crippen MR) is 53.9 cm³/mol. The van der Waals surface area contributed by atoms with Gasteiger partial charge in [-0.15, -0.1) is 0 Å². The van der Waals surface area contributed by atoms with Gasteiger partial charge in [-0.1, -0.05) is 13.8 Å². The first-order valence-electron chi connectivity index (χ1n) is 5.31. The highest BCUT2D eigenvalue weighted by atomic mass is 19.1. The fraction of sp³-hybridized carbons (Fsp3) is 0.727. The number of hydrogen-bond donors (Lipinski definition) is 0. The van der Waals surface area contributed by atoms with Gasteiger partial charge in [-0.05, 0) is 24.7 Å². The average Bonchev–Trinajstić information content (AvgIpc) is 2.51. The van der Waals surface area contributed by atoms with Crippen LogP contribution < -0.4 is 0 Å². The molecule has 14 heavy (non-hydrogen) atoms. The fourth-order valence-electron chi connectivity index (χ4n) is 2.15. The molecular weight excluding hydrogens is 179 g/mol. The molecule has 2 nitrogen and oxygen atoms in total. The molecule has 1 heterocycles. The summed E-state index contributed by atoms with van der Waals surface area (Å²) in [5.41, 5.74) is 2.44. The summed E-state index contributed by atoms with van der Waals surface area (Å²) in [4.78, 5) is 4.36. The molecule has 0 fully saturated rings. The second-order valence-electron chi connectivity index (χ2n) is 4.38. The van der Waals surface area contributed by atoms with Crippen molar-refractivity contribution in [3.8, 4) is 0 Å². The Hall–Kier alpha value is -0.860. The van der Waals surface area contributed by atoms with Crippen LogP contribution in [-0.4, -0.2) is 16.2 Å². The van der Waals surface area contributed by atoms with Crippen LogP contribution in [-0.2, 0) is 19.4 Å². The molecule has 0 aliphatic heterocycles. The first kappa shape index (κ1) is 9.69. The Kier molecular flexibility index (Phi) is 2.57. The maximum absolute atomic E-state index is 12.3. The first-order valence-corrected chi connectivity index (χ1v) is 5.31. The van der Waals surface area contributed by atoms with Gasteiger partial charge in [-0.25, -0.2) is 9.37 Å². The molecular formula is C11H17FN2. The lowest BCUT2D eigenvalue weighted by atomic mass is 9.82. The molecule has 0 saturated heterocycles. The quantitative estimate of drug-likeness (QED) is 0.709. The van der Waals surface area contributed by atoms with Crippen LogP contribution >= 0.6 is 0 Å². The molecule has 2 unspecified atom stereocenters. The van der Waals surface area contributed by atoms with Crippen LogP contribution in [0.4, 0.5) is 4.39 Å². The van der Waals surface area contributed by atoms with Crippen LogP contribution in [0.2, 0.25) is 0 Å². The van der Waals surface area contributed by atoms with E-state index in [1.165, 1.54) is 11.4 Å². The van der Waals surface area contributed by atoms with E-state index in [-0.39, 0.29) is 6.67 Å². The molecule has 0 saturated carbocycles. The van der Waals surface area contributed by atoms with Gasteiger partial charge in [0.2, 0.25) is 0 Å². The number of aryl methyl sites for hydroxylation is 1. The van der Waals surface area contributed by atoms with E-state index >= 15 is 0 Å². The molecule has 0 amide bonds. The van der Waals surface area contributed by atoms with Crippen LogP contribution in [0.5, 0.6) is 0 Å². The Balaban J connectivity index is 2.26. The molecule has 2 atom stereocenters. The SMILES string of the molecule is CC1Cc2ncn(CCF)c2CC1C. The van der Waals surface area contributed by atoms with Crippen molar-refractivity contribution in [2.75, 3.05) is 6.67 Å². The van der Waals surface area contributed by atoms with Gasteiger partial charge >= 0.3 is 0 Å². The third-order valence-electron chi connectivity index (χ3n) is 3.36. The summed E-state index contributed by atoms with van der Waals surface area (Å²) in [7, 11) is 0. The molecule has 0 spiro atoms. The van der Waals surface area contributed by atoms with Gasteiger partial charge in [0.15, 0.2) is 0 Å². The number of rotatable bonds is 2. The smallest absolute Gasteiger partial charge is 0.107 e. The van der Waals surface area contributed by atoms with Crippen molar-refractivity contribution in [2.24, 2.45) is 11.8 Å². The third-order valence-corrected chi connectivity index (χ3v) is 3.36. The molecule has 0 aromatic carbocycles. The number of aromatic nitrogens is 2. The largest absolute Gasteiger partial charge is 0.332 e. The Morgan fingerprint density at radius 1 is 1.43 bits per heavy atom. The van der Waals surface area contributed by atoms with Gasteiger partial charge in [0, 0.05) is 5.69 Å². The number of fused-ring (bicyclic) bond motifs is 1. The molecule has 0 N–H and O–H groups in total. The minimum Gasteiger partial charge on any atom is -0.332 e. The zero-order chi connectivity index (χ0) is 10.1. The minimum atomic E-state index is -0.299. The summed E-state index contributed by atoms with van der Waals surface area (Å²) in [5, 5.41) is 0. The van der Waals surface area contributed by atoms with Crippen LogP contribution in [0, 0.1) is 11.8 Å². The molecule has 1 aliphatic rings. The predicted octanol–water partition coefficient (Wildman–Crippen LogP) is 2.22. The van der Waals surface area contributed by atoms with Crippen molar-refractivity contribution in [2.45, 2.75) is 33.2 Å². The van der Waals surface area contributed by atoms with Crippen LogP contribution in [0.25, 0.3) is 0 Å². The fourth-order valence-corrected chi connectivity index (χ4v) is 2.15. The van der Waals surface area contributed by atoms with Gasteiger partial charge in [-0.3, -0.25) is 0 Å².